The van der Waals surface area contributed by atoms with Gasteiger partial charge in [-0.25, -0.2) is 4.79 Å². The van der Waals surface area contributed by atoms with E-state index >= 15 is 0 Å². The lowest BCUT2D eigenvalue weighted by Crippen LogP contribution is -2.46. The van der Waals surface area contributed by atoms with Crippen LogP contribution in [0.3, 0.4) is 0 Å². The highest BCUT2D eigenvalue weighted by Crippen LogP contribution is 2.60. The molecule has 3 aliphatic rings. The van der Waals surface area contributed by atoms with Crippen molar-refractivity contribution in [1.82, 2.24) is 5.32 Å². The highest BCUT2D eigenvalue weighted by Gasteiger charge is 2.54. The van der Waals surface area contributed by atoms with Gasteiger partial charge in [0, 0.05) is 29.1 Å². The van der Waals surface area contributed by atoms with Crippen LogP contribution in [0.25, 0.3) is 0 Å². The third-order valence-electron chi connectivity index (χ3n) is 5.00. The first-order valence-corrected chi connectivity index (χ1v) is 8.56. The van der Waals surface area contributed by atoms with Crippen molar-refractivity contribution < 1.29 is 19.6 Å². The Balaban J connectivity index is 1.69. The second kappa shape index (κ2) is 5.18. The number of carboxylic acids is 1. The molecule has 0 spiro atoms. The average Bonchev–Trinajstić information content (AvgIpc) is 3.16. The summed E-state index contributed by atoms with van der Waals surface area (Å²) in [4.78, 5) is 12.5. The van der Waals surface area contributed by atoms with E-state index in [1.807, 2.05) is 12.1 Å². The smallest absolute Gasteiger partial charge is 0.526 e. The zero-order chi connectivity index (χ0) is 15.4. The maximum atomic E-state index is 11.8. The van der Waals surface area contributed by atoms with Crippen LogP contribution in [0.1, 0.15) is 35.2 Å². The molecule has 1 saturated heterocycles. The number of rotatable bonds is 4. The van der Waals surface area contributed by atoms with Gasteiger partial charge in [-0.3, -0.25) is 0 Å². The highest BCUT2D eigenvalue weighted by atomic mass is 32.2. The van der Waals surface area contributed by atoms with E-state index < -0.39 is 13.1 Å². The molecule has 2 fully saturated rings. The summed E-state index contributed by atoms with van der Waals surface area (Å²) >= 11 is 1.59. The highest BCUT2D eigenvalue weighted by molar-refractivity contribution is 8.00. The Kier molecular flexibility index (Phi) is 3.40. The molecule has 1 aliphatic carbocycles. The van der Waals surface area contributed by atoms with Crippen LogP contribution in [0, 0.1) is 5.92 Å². The number of aromatic carboxylic acids is 1. The van der Waals surface area contributed by atoms with Gasteiger partial charge in [-0.05, 0) is 29.9 Å². The van der Waals surface area contributed by atoms with Gasteiger partial charge in [0.25, 0.3) is 0 Å². The summed E-state index contributed by atoms with van der Waals surface area (Å²) in [7, 11) is -0.871. The van der Waals surface area contributed by atoms with Crippen molar-refractivity contribution in [3.8, 4) is 5.75 Å². The molecule has 3 atom stereocenters. The Bertz CT molecular complexity index is 636. The molecule has 2 heterocycles. The Morgan fingerprint density at radius 1 is 1.50 bits per heavy atom. The van der Waals surface area contributed by atoms with E-state index in [0.29, 0.717) is 16.9 Å². The van der Waals surface area contributed by atoms with Crippen LogP contribution >= 0.6 is 11.8 Å². The van der Waals surface area contributed by atoms with Crippen LogP contribution in [0.2, 0.25) is 5.82 Å². The molecule has 0 unspecified atom stereocenters. The normalized spacial score (nSPS) is 27.3. The first kappa shape index (κ1) is 14.4. The predicted molar refractivity (Wildman–Crippen MR) is 84.8 cm³/mol. The fourth-order valence-corrected chi connectivity index (χ4v) is 4.57. The summed E-state index contributed by atoms with van der Waals surface area (Å²) in [5.41, 5.74) is 1.15. The van der Waals surface area contributed by atoms with Gasteiger partial charge in [0.1, 0.15) is 11.3 Å². The van der Waals surface area contributed by atoms with E-state index in [0.717, 1.165) is 30.0 Å². The molecule has 0 amide bonds. The van der Waals surface area contributed by atoms with Crippen molar-refractivity contribution in [3.05, 3.63) is 23.3 Å². The van der Waals surface area contributed by atoms with Gasteiger partial charge in [0.15, 0.2) is 0 Å². The zero-order valence-corrected chi connectivity index (χ0v) is 13.1. The zero-order valence-electron chi connectivity index (χ0n) is 12.3. The van der Waals surface area contributed by atoms with Crippen LogP contribution in [0.4, 0.5) is 0 Å². The Morgan fingerprint density at radius 2 is 2.27 bits per heavy atom. The number of benzene rings is 1. The summed E-state index contributed by atoms with van der Waals surface area (Å²) in [5, 5.41) is 23.2. The second-order valence-corrected chi connectivity index (χ2v) is 7.84. The maximum absolute atomic E-state index is 11.8. The van der Waals surface area contributed by atoms with Gasteiger partial charge in [0.05, 0.1) is 0 Å². The van der Waals surface area contributed by atoms with E-state index in [1.165, 1.54) is 0 Å². The van der Waals surface area contributed by atoms with Gasteiger partial charge < -0.3 is 20.1 Å². The van der Waals surface area contributed by atoms with E-state index in [4.69, 9.17) is 4.65 Å². The van der Waals surface area contributed by atoms with Crippen LogP contribution < -0.4 is 9.97 Å². The molecule has 2 aliphatic heterocycles. The predicted octanol–water partition coefficient (Wildman–Crippen LogP) is 1.82. The van der Waals surface area contributed by atoms with E-state index in [1.54, 1.807) is 11.8 Å². The van der Waals surface area contributed by atoms with Gasteiger partial charge in [-0.2, -0.15) is 0 Å². The van der Waals surface area contributed by atoms with Crippen molar-refractivity contribution in [2.24, 2.45) is 5.92 Å². The fraction of sp³-hybridized carbons (Fsp3) is 0.533. The number of carboxylic acid groups (broad SMARTS) is 1. The standard InChI is InChI=1S/C15H18BNO4S/c1-7(8-5-17-6-8)22-12-3-2-9-10-4-11(10)16(20)21-14(9)13(12)15(18)19/h2-3,7-8,10-11,17,20H,4-6H2,1H3,(H,18,19)/t7-,10-,11-/m1/s1. The molecule has 1 aromatic rings. The number of fused-ring (bicyclic) bond motifs is 3. The number of carbonyl (C=O) groups is 1. The molecular formula is C15H18BNO4S. The summed E-state index contributed by atoms with van der Waals surface area (Å²) in [6.45, 7) is 4.11. The number of hydrogen-bond donors (Lipinski definition) is 3. The monoisotopic (exact) mass is 319 g/mol. The topological polar surface area (TPSA) is 78.8 Å². The average molecular weight is 319 g/mol. The van der Waals surface area contributed by atoms with Crippen LogP contribution in [0.15, 0.2) is 17.0 Å². The molecule has 0 bridgehead atoms. The molecule has 5 nitrogen and oxygen atoms in total. The maximum Gasteiger partial charge on any atom is 0.526 e. The van der Waals surface area contributed by atoms with Crippen molar-refractivity contribution in [1.29, 1.82) is 0 Å². The van der Waals surface area contributed by atoms with Gasteiger partial charge in [-0.1, -0.05) is 13.0 Å². The SMILES string of the molecule is C[C@@H](Sc1ccc2c(c1C(=O)O)OB(O)[C@@H]1C[C@H]21)C1CNC1. The van der Waals surface area contributed by atoms with Crippen LogP contribution in [0.5, 0.6) is 5.75 Å². The Hall–Kier alpha value is -1.18. The summed E-state index contributed by atoms with van der Waals surface area (Å²) in [6, 6.07) is 3.89. The lowest BCUT2D eigenvalue weighted by molar-refractivity contribution is 0.0690. The minimum absolute atomic E-state index is 0.132. The third-order valence-corrected chi connectivity index (χ3v) is 6.35. The minimum Gasteiger partial charge on any atom is -0.535 e. The quantitative estimate of drug-likeness (QED) is 0.580. The largest absolute Gasteiger partial charge is 0.535 e. The van der Waals surface area contributed by atoms with E-state index in [2.05, 4.69) is 12.2 Å². The summed E-state index contributed by atoms with van der Waals surface area (Å²) in [5.74, 6) is 0.353. The molecular weight excluding hydrogens is 301 g/mol. The number of hydrogen-bond acceptors (Lipinski definition) is 5. The van der Waals surface area contributed by atoms with Crippen LogP contribution in [-0.4, -0.2) is 41.6 Å². The number of thioether (sulfide) groups is 1. The fourth-order valence-electron chi connectivity index (χ4n) is 3.34. The molecule has 1 aromatic carbocycles. The molecule has 116 valence electrons. The van der Waals surface area contributed by atoms with Gasteiger partial charge in [0.2, 0.25) is 0 Å². The number of nitrogens with one attached hydrogen (secondary N) is 1. The van der Waals surface area contributed by atoms with Crippen molar-refractivity contribution >= 4 is 24.8 Å². The molecule has 0 aromatic heterocycles. The molecule has 0 radical (unpaired) electrons. The Labute approximate surface area is 133 Å². The van der Waals surface area contributed by atoms with Crippen molar-refractivity contribution in [2.75, 3.05) is 13.1 Å². The van der Waals surface area contributed by atoms with Crippen LogP contribution in [-0.2, 0) is 0 Å². The van der Waals surface area contributed by atoms with E-state index in [9.17, 15) is 14.9 Å². The van der Waals surface area contributed by atoms with Crippen molar-refractivity contribution in [3.63, 3.8) is 0 Å². The Morgan fingerprint density at radius 3 is 2.91 bits per heavy atom. The summed E-state index contributed by atoms with van der Waals surface area (Å²) in [6.07, 6.45) is 0.879. The third kappa shape index (κ3) is 2.23. The second-order valence-electron chi connectivity index (χ2n) is 6.42. The molecule has 4 rings (SSSR count). The van der Waals surface area contributed by atoms with Crippen molar-refractivity contribution in [2.45, 2.75) is 35.2 Å². The lowest BCUT2D eigenvalue weighted by atomic mass is 9.77. The first-order chi connectivity index (χ1) is 10.6. The lowest BCUT2D eigenvalue weighted by Gasteiger charge is -2.32. The molecule has 22 heavy (non-hydrogen) atoms. The molecule has 7 heteroatoms. The first-order valence-electron chi connectivity index (χ1n) is 7.68. The minimum atomic E-state index is -0.982. The van der Waals surface area contributed by atoms with Gasteiger partial charge >= 0.3 is 13.1 Å². The molecule has 1 saturated carbocycles. The summed E-state index contributed by atoms with van der Waals surface area (Å²) < 4.78 is 5.55. The van der Waals surface area contributed by atoms with Gasteiger partial charge in [-0.15, -0.1) is 11.8 Å². The van der Waals surface area contributed by atoms with E-state index in [-0.39, 0.29) is 17.3 Å². The molecule has 3 N–H and O–H groups in total.